The zero-order valence-electron chi connectivity index (χ0n) is 11.3. The third-order valence-electron chi connectivity index (χ3n) is 2.88. The number of rotatable bonds is 5. The van der Waals surface area contributed by atoms with Crippen LogP contribution in [0.5, 0.6) is 0 Å². The van der Waals surface area contributed by atoms with Crippen molar-refractivity contribution in [3.63, 3.8) is 0 Å². The molecule has 1 unspecified atom stereocenters. The topological polar surface area (TPSA) is 41.1 Å². The lowest BCUT2D eigenvalue weighted by atomic mass is 9.92. The molecular weight excluding hydrogens is 232 g/mol. The van der Waals surface area contributed by atoms with Crippen molar-refractivity contribution in [1.82, 2.24) is 10.6 Å². The summed E-state index contributed by atoms with van der Waals surface area (Å²) in [6, 6.07) is 4.56. The second-order valence-corrected chi connectivity index (χ2v) is 6.33. The normalized spacial score (nSPS) is 13.5. The molecule has 17 heavy (non-hydrogen) atoms. The van der Waals surface area contributed by atoms with Crippen LogP contribution in [0.4, 0.5) is 0 Å². The average Bonchev–Trinajstić information content (AvgIpc) is 2.71. The molecule has 1 aromatic rings. The van der Waals surface area contributed by atoms with Gasteiger partial charge in [-0.25, -0.2) is 0 Å². The van der Waals surface area contributed by atoms with E-state index in [-0.39, 0.29) is 17.4 Å². The number of carbonyl (C=O) groups is 1. The summed E-state index contributed by atoms with van der Waals surface area (Å²) in [5.74, 6) is 0.0690. The molecule has 1 amide bonds. The van der Waals surface area contributed by atoms with Crippen molar-refractivity contribution in [1.29, 1.82) is 0 Å². The van der Waals surface area contributed by atoms with Gasteiger partial charge >= 0.3 is 0 Å². The summed E-state index contributed by atoms with van der Waals surface area (Å²) in [6.07, 6.45) is 0. The highest BCUT2D eigenvalue weighted by molar-refractivity contribution is 7.12. The van der Waals surface area contributed by atoms with Gasteiger partial charge in [-0.2, -0.15) is 0 Å². The van der Waals surface area contributed by atoms with Crippen LogP contribution in [0.3, 0.4) is 0 Å². The summed E-state index contributed by atoms with van der Waals surface area (Å²) >= 11 is 1.80. The molecule has 0 fully saturated rings. The molecule has 1 atom stereocenters. The van der Waals surface area contributed by atoms with Crippen LogP contribution in [0, 0.1) is 12.3 Å². The number of hydrogen-bond acceptors (Lipinski definition) is 3. The molecule has 2 N–H and O–H groups in total. The van der Waals surface area contributed by atoms with E-state index in [1.54, 1.807) is 18.4 Å². The molecule has 1 rings (SSSR count). The predicted molar refractivity (Wildman–Crippen MR) is 73.3 cm³/mol. The van der Waals surface area contributed by atoms with Crippen LogP contribution in [0.15, 0.2) is 12.1 Å². The third kappa shape index (κ3) is 3.82. The summed E-state index contributed by atoms with van der Waals surface area (Å²) < 4.78 is 0. The Labute approximate surface area is 108 Å². The third-order valence-corrected chi connectivity index (χ3v) is 4.06. The van der Waals surface area contributed by atoms with Gasteiger partial charge in [0, 0.05) is 29.4 Å². The molecule has 0 radical (unpaired) electrons. The number of thiophene rings is 1. The van der Waals surface area contributed by atoms with E-state index in [2.05, 4.69) is 36.6 Å². The van der Waals surface area contributed by atoms with Crippen molar-refractivity contribution in [3.8, 4) is 0 Å². The fourth-order valence-corrected chi connectivity index (χ4v) is 2.52. The van der Waals surface area contributed by atoms with Crippen molar-refractivity contribution < 1.29 is 4.79 Å². The Kier molecular flexibility index (Phi) is 4.71. The Hall–Kier alpha value is -0.870. The Balaban J connectivity index is 2.53. The second-order valence-electron chi connectivity index (χ2n) is 5.01. The maximum atomic E-state index is 11.6. The zero-order chi connectivity index (χ0) is 13.1. The maximum Gasteiger partial charge on any atom is 0.226 e. The highest BCUT2D eigenvalue weighted by atomic mass is 32.1. The quantitative estimate of drug-likeness (QED) is 0.847. The molecule has 0 spiro atoms. The summed E-state index contributed by atoms with van der Waals surface area (Å²) in [4.78, 5) is 14.3. The van der Waals surface area contributed by atoms with E-state index < -0.39 is 0 Å². The van der Waals surface area contributed by atoms with Gasteiger partial charge in [0.05, 0.1) is 5.41 Å². The molecule has 0 aliphatic heterocycles. The Morgan fingerprint density at radius 1 is 1.47 bits per heavy atom. The fraction of sp³-hybridized carbons (Fsp3) is 0.615. The highest BCUT2D eigenvalue weighted by Gasteiger charge is 2.26. The molecule has 0 aliphatic rings. The Morgan fingerprint density at radius 2 is 2.12 bits per heavy atom. The van der Waals surface area contributed by atoms with Crippen molar-refractivity contribution in [2.45, 2.75) is 33.7 Å². The van der Waals surface area contributed by atoms with Gasteiger partial charge in [0.2, 0.25) is 5.91 Å². The molecular formula is C13H22N2OS. The van der Waals surface area contributed by atoms with Crippen LogP contribution in [0.2, 0.25) is 0 Å². The first kappa shape index (κ1) is 14.2. The minimum absolute atomic E-state index is 0.0690. The Bertz CT molecular complexity index is 385. The zero-order valence-corrected chi connectivity index (χ0v) is 12.1. The monoisotopic (exact) mass is 254 g/mol. The van der Waals surface area contributed by atoms with Crippen molar-refractivity contribution in [2.24, 2.45) is 5.41 Å². The maximum absolute atomic E-state index is 11.6. The lowest BCUT2D eigenvalue weighted by Gasteiger charge is -2.25. The molecule has 96 valence electrons. The van der Waals surface area contributed by atoms with E-state index in [9.17, 15) is 4.79 Å². The van der Waals surface area contributed by atoms with Crippen molar-refractivity contribution >= 4 is 17.2 Å². The lowest BCUT2D eigenvalue weighted by Crippen LogP contribution is -2.42. The highest BCUT2D eigenvalue weighted by Crippen LogP contribution is 2.23. The van der Waals surface area contributed by atoms with Gasteiger partial charge in [-0.3, -0.25) is 4.79 Å². The van der Waals surface area contributed by atoms with Crippen LogP contribution >= 0.6 is 11.3 Å². The molecule has 0 saturated carbocycles. The number of hydrogen-bond donors (Lipinski definition) is 2. The van der Waals surface area contributed by atoms with Gasteiger partial charge in [-0.15, -0.1) is 11.3 Å². The summed E-state index contributed by atoms with van der Waals surface area (Å²) in [5, 5.41) is 6.11. The minimum Gasteiger partial charge on any atom is -0.359 e. The molecule has 1 aromatic heterocycles. The molecule has 0 aliphatic carbocycles. The molecule has 0 bridgehead atoms. The number of nitrogens with one attached hydrogen (secondary N) is 2. The van der Waals surface area contributed by atoms with Gasteiger partial charge < -0.3 is 10.6 Å². The summed E-state index contributed by atoms with van der Waals surface area (Å²) in [7, 11) is 1.68. The molecule has 1 heterocycles. The molecule has 0 saturated heterocycles. The van der Waals surface area contributed by atoms with Gasteiger partial charge in [-0.05, 0) is 39.8 Å². The molecule has 3 nitrogen and oxygen atoms in total. The van der Waals surface area contributed by atoms with Crippen molar-refractivity contribution in [2.75, 3.05) is 13.6 Å². The van der Waals surface area contributed by atoms with Crippen LogP contribution in [-0.4, -0.2) is 19.5 Å². The van der Waals surface area contributed by atoms with Gasteiger partial charge in [-0.1, -0.05) is 0 Å². The SMILES string of the molecule is CNC(=O)C(C)(C)CNC(C)c1ccc(C)s1. The number of carbonyl (C=O) groups excluding carboxylic acids is 1. The van der Waals surface area contributed by atoms with Crippen LogP contribution in [0.1, 0.15) is 36.6 Å². The minimum atomic E-state index is -0.380. The van der Waals surface area contributed by atoms with E-state index in [1.165, 1.54) is 9.75 Å². The number of aryl methyl sites for hydroxylation is 1. The first-order chi connectivity index (χ1) is 7.86. The second kappa shape index (κ2) is 5.65. The molecule has 4 heteroatoms. The summed E-state index contributed by atoms with van der Waals surface area (Å²) in [5.41, 5.74) is -0.380. The standard InChI is InChI=1S/C13H22N2OS/c1-9-6-7-11(17-9)10(2)15-8-13(3,4)12(16)14-5/h6-7,10,15H,8H2,1-5H3,(H,14,16). The van der Waals surface area contributed by atoms with Gasteiger partial charge in [0.25, 0.3) is 0 Å². The first-order valence-corrected chi connectivity index (χ1v) is 6.70. The van der Waals surface area contributed by atoms with Crippen LogP contribution < -0.4 is 10.6 Å². The van der Waals surface area contributed by atoms with Gasteiger partial charge in [0.1, 0.15) is 0 Å². The average molecular weight is 254 g/mol. The summed E-state index contributed by atoms with van der Waals surface area (Å²) in [6.45, 7) is 8.81. The van der Waals surface area contributed by atoms with Crippen LogP contribution in [-0.2, 0) is 4.79 Å². The smallest absolute Gasteiger partial charge is 0.226 e. The van der Waals surface area contributed by atoms with E-state index in [0.717, 1.165) is 0 Å². The number of amides is 1. The van der Waals surface area contributed by atoms with E-state index in [4.69, 9.17) is 0 Å². The largest absolute Gasteiger partial charge is 0.359 e. The van der Waals surface area contributed by atoms with Crippen molar-refractivity contribution in [3.05, 3.63) is 21.9 Å². The van der Waals surface area contributed by atoms with E-state index >= 15 is 0 Å². The van der Waals surface area contributed by atoms with E-state index in [1.807, 2.05) is 13.8 Å². The predicted octanol–water partition coefficient (Wildman–Crippen LogP) is 2.48. The van der Waals surface area contributed by atoms with E-state index in [0.29, 0.717) is 6.54 Å². The molecule has 0 aromatic carbocycles. The van der Waals surface area contributed by atoms with Gasteiger partial charge in [0.15, 0.2) is 0 Å². The first-order valence-electron chi connectivity index (χ1n) is 5.88. The lowest BCUT2D eigenvalue weighted by molar-refractivity contribution is -0.128. The Morgan fingerprint density at radius 3 is 2.59 bits per heavy atom. The van der Waals surface area contributed by atoms with Crippen LogP contribution in [0.25, 0.3) is 0 Å². The fourth-order valence-electron chi connectivity index (χ4n) is 1.61.